The summed E-state index contributed by atoms with van der Waals surface area (Å²) in [6, 6.07) is 0.548. The number of thioether (sulfide) groups is 1. The van der Waals surface area contributed by atoms with Crippen molar-refractivity contribution in [1.29, 1.82) is 0 Å². The first kappa shape index (κ1) is 16.1. The standard InChI is InChI=1S/C14H25N5OS/c1-10-17-13(20-19-10)5-4-8-16-14(15-2)18-11-6-7-12(9-11)21-3/h11-12H,4-9H2,1-3H3,(H2,15,16,18). The van der Waals surface area contributed by atoms with E-state index in [4.69, 9.17) is 4.52 Å². The van der Waals surface area contributed by atoms with Crippen LogP contribution in [0.15, 0.2) is 9.52 Å². The van der Waals surface area contributed by atoms with Gasteiger partial charge in [-0.15, -0.1) is 0 Å². The first-order valence-corrected chi connectivity index (χ1v) is 8.79. The first-order chi connectivity index (χ1) is 10.2. The van der Waals surface area contributed by atoms with Crippen molar-refractivity contribution in [2.75, 3.05) is 19.8 Å². The molecule has 118 valence electrons. The maximum atomic E-state index is 5.09. The average Bonchev–Trinajstić information content (AvgIpc) is 3.11. The zero-order valence-corrected chi connectivity index (χ0v) is 13.9. The molecule has 2 atom stereocenters. The highest BCUT2D eigenvalue weighted by molar-refractivity contribution is 7.99. The Bertz CT molecular complexity index is 462. The third-order valence-corrected chi connectivity index (χ3v) is 4.81. The van der Waals surface area contributed by atoms with Gasteiger partial charge >= 0.3 is 0 Å². The summed E-state index contributed by atoms with van der Waals surface area (Å²) in [5, 5.41) is 11.4. The number of nitrogens with one attached hydrogen (secondary N) is 2. The molecular formula is C14H25N5OS. The Morgan fingerprint density at radius 2 is 2.33 bits per heavy atom. The minimum Gasteiger partial charge on any atom is -0.356 e. The van der Waals surface area contributed by atoms with Crippen LogP contribution in [0, 0.1) is 6.92 Å². The Balaban J connectivity index is 1.64. The van der Waals surface area contributed by atoms with Crippen molar-refractivity contribution >= 4 is 17.7 Å². The smallest absolute Gasteiger partial charge is 0.226 e. The van der Waals surface area contributed by atoms with E-state index >= 15 is 0 Å². The fraction of sp³-hybridized carbons (Fsp3) is 0.786. The molecule has 2 rings (SSSR count). The molecule has 0 amide bonds. The molecule has 0 radical (unpaired) electrons. The lowest BCUT2D eigenvalue weighted by molar-refractivity contribution is 0.372. The van der Waals surface area contributed by atoms with Crippen molar-refractivity contribution in [2.45, 2.75) is 50.3 Å². The van der Waals surface area contributed by atoms with Gasteiger partial charge in [0.2, 0.25) is 5.89 Å². The van der Waals surface area contributed by atoms with Crippen LogP contribution in [0.2, 0.25) is 0 Å². The van der Waals surface area contributed by atoms with Crippen molar-refractivity contribution in [3.05, 3.63) is 11.7 Å². The minimum absolute atomic E-state index is 0.548. The van der Waals surface area contributed by atoms with E-state index in [1.165, 1.54) is 19.3 Å². The van der Waals surface area contributed by atoms with Crippen LogP contribution in [-0.4, -0.2) is 47.2 Å². The van der Waals surface area contributed by atoms with Crippen LogP contribution >= 0.6 is 11.8 Å². The summed E-state index contributed by atoms with van der Waals surface area (Å²) in [7, 11) is 1.82. The number of guanidine groups is 1. The maximum Gasteiger partial charge on any atom is 0.226 e. The predicted molar refractivity (Wildman–Crippen MR) is 86.8 cm³/mol. The molecule has 21 heavy (non-hydrogen) atoms. The first-order valence-electron chi connectivity index (χ1n) is 7.50. The van der Waals surface area contributed by atoms with Crippen molar-refractivity contribution in [3.63, 3.8) is 0 Å². The molecule has 1 aromatic rings. The molecule has 7 heteroatoms. The molecule has 0 aliphatic heterocycles. The van der Waals surface area contributed by atoms with E-state index in [1.54, 1.807) is 0 Å². The third kappa shape index (κ3) is 5.22. The van der Waals surface area contributed by atoms with E-state index in [9.17, 15) is 0 Å². The third-order valence-electron chi connectivity index (χ3n) is 3.71. The van der Waals surface area contributed by atoms with Crippen molar-refractivity contribution in [3.8, 4) is 0 Å². The van der Waals surface area contributed by atoms with E-state index in [0.29, 0.717) is 17.8 Å². The second kappa shape index (κ2) is 8.26. The van der Waals surface area contributed by atoms with Crippen molar-refractivity contribution < 1.29 is 4.52 Å². The summed E-state index contributed by atoms with van der Waals surface area (Å²) in [6.07, 6.45) is 7.69. The van der Waals surface area contributed by atoms with E-state index in [0.717, 1.165) is 30.6 Å². The lowest BCUT2D eigenvalue weighted by Gasteiger charge is -2.17. The fourth-order valence-electron chi connectivity index (χ4n) is 2.56. The molecule has 1 aliphatic carbocycles. The summed E-state index contributed by atoms with van der Waals surface area (Å²) in [6.45, 7) is 2.68. The SMILES string of the molecule is CN=C(NCCCc1nc(C)no1)NC1CCC(SC)C1. The van der Waals surface area contributed by atoms with Crippen LogP contribution in [0.3, 0.4) is 0 Å². The van der Waals surface area contributed by atoms with Gasteiger partial charge in [0, 0.05) is 31.3 Å². The van der Waals surface area contributed by atoms with E-state index in [2.05, 4.69) is 32.0 Å². The molecule has 6 nitrogen and oxygen atoms in total. The zero-order chi connectivity index (χ0) is 15.1. The van der Waals surface area contributed by atoms with Gasteiger partial charge in [-0.05, 0) is 38.9 Å². The second-order valence-corrected chi connectivity index (χ2v) is 6.49. The molecule has 0 saturated heterocycles. The Hall–Kier alpha value is -1.24. The summed E-state index contributed by atoms with van der Waals surface area (Å²) < 4.78 is 5.09. The highest BCUT2D eigenvalue weighted by atomic mass is 32.2. The summed E-state index contributed by atoms with van der Waals surface area (Å²) in [5.41, 5.74) is 0. The molecule has 2 unspecified atom stereocenters. The molecule has 1 aromatic heterocycles. The Morgan fingerprint density at radius 3 is 2.95 bits per heavy atom. The van der Waals surface area contributed by atoms with Gasteiger partial charge < -0.3 is 15.2 Å². The lowest BCUT2D eigenvalue weighted by atomic mass is 10.2. The lowest BCUT2D eigenvalue weighted by Crippen LogP contribution is -2.42. The van der Waals surface area contributed by atoms with Gasteiger partial charge in [-0.2, -0.15) is 16.7 Å². The van der Waals surface area contributed by atoms with Gasteiger partial charge in [-0.25, -0.2) is 0 Å². The fourth-order valence-corrected chi connectivity index (χ4v) is 3.36. The Morgan fingerprint density at radius 1 is 1.48 bits per heavy atom. The number of aliphatic imine (C=N–C) groups is 1. The molecule has 2 N–H and O–H groups in total. The average molecular weight is 311 g/mol. The van der Waals surface area contributed by atoms with Crippen LogP contribution in [-0.2, 0) is 6.42 Å². The summed E-state index contributed by atoms with van der Waals surface area (Å²) >= 11 is 1.97. The number of aromatic nitrogens is 2. The molecule has 0 aromatic carbocycles. The summed E-state index contributed by atoms with van der Waals surface area (Å²) in [4.78, 5) is 8.48. The van der Waals surface area contributed by atoms with Gasteiger partial charge in [0.15, 0.2) is 11.8 Å². The van der Waals surface area contributed by atoms with E-state index < -0.39 is 0 Å². The molecule has 1 fully saturated rings. The molecule has 0 bridgehead atoms. The largest absolute Gasteiger partial charge is 0.356 e. The normalized spacial score (nSPS) is 22.5. The predicted octanol–water partition coefficient (Wildman–Crippen LogP) is 1.76. The monoisotopic (exact) mass is 311 g/mol. The molecule has 1 heterocycles. The van der Waals surface area contributed by atoms with Gasteiger partial charge in [0.05, 0.1) is 0 Å². The van der Waals surface area contributed by atoms with Gasteiger partial charge in [0.25, 0.3) is 0 Å². The van der Waals surface area contributed by atoms with Gasteiger partial charge in [0.1, 0.15) is 0 Å². The zero-order valence-electron chi connectivity index (χ0n) is 13.1. The Kier molecular flexibility index (Phi) is 6.35. The number of aryl methyl sites for hydroxylation is 2. The highest BCUT2D eigenvalue weighted by Gasteiger charge is 2.24. The second-order valence-electron chi connectivity index (χ2n) is 5.35. The molecule has 0 spiro atoms. The molecule has 1 aliphatic rings. The van der Waals surface area contributed by atoms with Crippen LogP contribution in [0.4, 0.5) is 0 Å². The Labute approximate surface area is 130 Å². The number of rotatable bonds is 6. The van der Waals surface area contributed by atoms with Crippen molar-refractivity contribution in [1.82, 2.24) is 20.8 Å². The topological polar surface area (TPSA) is 75.3 Å². The number of nitrogens with zero attached hydrogens (tertiary/aromatic N) is 3. The van der Waals surface area contributed by atoms with Crippen LogP contribution in [0.1, 0.15) is 37.4 Å². The molecular weight excluding hydrogens is 286 g/mol. The van der Waals surface area contributed by atoms with Crippen LogP contribution in [0.5, 0.6) is 0 Å². The van der Waals surface area contributed by atoms with Crippen molar-refractivity contribution in [2.24, 2.45) is 4.99 Å². The highest BCUT2D eigenvalue weighted by Crippen LogP contribution is 2.27. The minimum atomic E-state index is 0.548. The maximum absolute atomic E-state index is 5.09. The molecule has 1 saturated carbocycles. The quantitative estimate of drug-likeness (QED) is 0.474. The van der Waals surface area contributed by atoms with Crippen LogP contribution in [0.25, 0.3) is 0 Å². The van der Waals surface area contributed by atoms with E-state index in [1.807, 2.05) is 25.7 Å². The van der Waals surface area contributed by atoms with Gasteiger partial charge in [-0.3, -0.25) is 4.99 Å². The van der Waals surface area contributed by atoms with Gasteiger partial charge in [-0.1, -0.05) is 5.16 Å². The number of hydrogen-bond acceptors (Lipinski definition) is 5. The van der Waals surface area contributed by atoms with E-state index in [-0.39, 0.29) is 0 Å². The van der Waals surface area contributed by atoms with Crippen LogP contribution < -0.4 is 10.6 Å². The summed E-state index contributed by atoms with van der Waals surface area (Å²) in [5.74, 6) is 2.29. The number of hydrogen-bond donors (Lipinski definition) is 2.